The Kier molecular flexibility index (Phi) is 2.18. The van der Waals surface area contributed by atoms with E-state index in [1.807, 2.05) is 0 Å². The maximum Gasteiger partial charge on any atom is 0.138 e. The summed E-state index contributed by atoms with van der Waals surface area (Å²) in [6.45, 7) is 0. The molecule has 0 aromatic carbocycles. The second kappa shape index (κ2) is 3.17. The molecule has 0 heterocycles. The standard InChI is InChI=1S/C10H16O2/c11-8-4-2-1-3-7-5-6-9(12)10(7)8/h7,9-10,12H,1-6H2/t7-,9+,10+/m0/s1. The summed E-state index contributed by atoms with van der Waals surface area (Å²) < 4.78 is 0. The van der Waals surface area contributed by atoms with Crippen LogP contribution in [0.15, 0.2) is 0 Å². The van der Waals surface area contributed by atoms with E-state index in [4.69, 9.17) is 0 Å². The third-order valence-electron chi connectivity index (χ3n) is 3.38. The zero-order valence-electron chi connectivity index (χ0n) is 7.33. The minimum Gasteiger partial charge on any atom is -0.392 e. The lowest BCUT2D eigenvalue weighted by molar-refractivity contribution is -0.126. The Hall–Kier alpha value is -0.370. The van der Waals surface area contributed by atoms with Crippen molar-refractivity contribution in [2.45, 2.75) is 44.6 Å². The summed E-state index contributed by atoms with van der Waals surface area (Å²) in [6, 6.07) is 0. The Bertz CT molecular complexity index is 188. The highest BCUT2D eigenvalue weighted by Gasteiger charge is 2.40. The molecule has 2 rings (SSSR count). The largest absolute Gasteiger partial charge is 0.392 e. The van der Waals surface area contributed by atoms with E-state index in [2.05, 4.69) is 0 Å². The number of carbonyl (C=O) groups excluding carboxylic acids is 1. The van der Waals surface area contributed by atoms with E-state index in [9.17, 15) is 9.90 Å². The molecule has 0 aromatic rings. The number of hydrogen-bond donors (Lipinski definition) is 1. The van der Waals surface area contributed by atoms with Gasteiger partial charge in [0.1, 0.15) is 5.78 Å². The van der Waals surface area contributed by atoms with Gasteiger partial charge >= 0.3 is 0 Å². The van der Waals surface area contributed by atoms with Gasteiger partial charge in [-0.3, -0.25) is 4.79 Å². The van der Waals surface area contributed by atoms with Crippen LogP contribution in [0.2, 0.25) is 0 Å². The molecule has 0 aliphatic heterocycles. The molecule has 0 saturated heterocycles. The minimum atomic E-state index is -0.319. The molecule has 0 unspecified atom stereocenters. The quantitative estimate of drug-likeness (QED) is 0.595. The fourth-order valence-corrected chi connectivity index (χ4v) is 2.73. The molecular formula is C10H16O2. The molecule has 2 aliphatic carbocycles. The van der Waals surface area contributed by atoms with E-state index in [0.29, 0.717) is 18.1 Å². The highest BCUT2D eigenvalue weighted by molar-refractivity contribution is 5.82. The van der Waals surface area contributed by atoms with E-state index < -0.39 is 0 Å². The molecule has 1 N–H and O–H groups in total. The number of Topliss-reactive ketones (excluding diaryl/α,β-unsaturated/α-hetero) is 1. The van der Waals surface area contributed by atoms with E-state index in [1.165, 1.54) is 6.42 Å². The van der Waals surface area contributed by atoms with Crippen molar-refractivity contribution in [1.82, 2.24) is 0 Å². The van der Waals surface area contributed by atoms with Gasteiger partial charge in [0.2, 0.25) is 0 Å². The summed E-state index contributed by atoms with van der Waals surface area (Å²) >= 11 is 0. The van der Waals surface area contributed by atoms with Gasteiger partial charge in [-0.25, -0.2) is 0 Å². The van der Waals surface area contributed by atoms with Crippen molar-refractivity contribution in [2.75, 3.05) is 0 Å². The topological polar surface area (TPSA) is 37.3 Å². The maximum absolute atomic E-state index is 11.5. The van der Waals surface area contributed by atoms with Crippen LogP contribution < -0.4 is 0 Å². The van der Waals surface area contributed by atoms with Crippen molar-refractivity contribution < 1.29 is 9.90 Å². The van der Waals surface area contributed by atoms with Crippen LogP contribution in [0.1, 0.15) is 38.5 Å². The van der Waals surface area contributed by atoms with Crippen LogP contribution in [0.25, 0.3) is 0 Å². The number of aliphatic hydroxyl groups excluding tert-OH is 1. The molecule has 0 aromatic heterocycles. The summed E-state index contributed by atoms with van der Waals surface area (Å²) in [5.41, 5.74) is 0. The molecule has 2 fully saturated rings. The van der Waals surface area contributed by atoms with Crippen molar-refractivity contribution in [1.29, 1.82) is 0 Å². The Morgan fingerprint density at radius 2 is 2.00 bits per heavy atom. The van der Waals surface area contributed by atoms with Gasteiger partial charge in [0, 0.05) is 12.3 Å². The summed E-state index contributed by atoms with van der Waals surface area (Å²) in [7, 11) is 0. The second-order valence-electron chi connectivity index (χ2n) is 4.14. The van der Waals surface area contributed by atoms with E-state index in [0.717, 1.165) is 25.7 Å². The molecule has 12 heavy (non-hydrogen) atoms. The normalized spacial score (nSPS) is 42.4. The molecule has 3 atom stereocenters. The highest BCUT2D eigenvalue weighted by Crippen LogP contribution is 2.39. The lowest BCUT2D eigenvalue weighted by Crippen LogP contribution is -2.26. The fraction of sp³-hybridized carbons (Fsp3) is 0.900. The predicted molar refractivity (Wildman–Crippen MR) is 45.7 cm³/mol. The molecule has 0 amide bonds. The summed E-state index contributed by atoms with van der Waals surface area (Å²) in [4.78, 5) is 11.5. The van der Waals surface area contributed by atoms with Gasteiger partial charge in [-0.1, -0.05) is 6.42 Å². The van der Waals surface area contributed by atoms with Gasteiger partial charge in [-0.05, 0) is 31.6 Å². The van der Waals surface area contributed by atoms with E-state index in [1.54, 1.807) is 0 Å². The summed E-state index contributed by atoms with van der Waals surface area (Å²) in [6.07, 6.45) is 5.68. The van der Waals surface area contributed by atoms with Gasteiger partial charge in [0.25, 0.3) is 0 Å². The Balaban J connectivity index is 2.14. The number of rotatable bonds is 0. The van der Waals surface area contributed by atoms with Crippen molar-refractivity contribution >= 4 is 5.78 Å². The van der Waals surface area contributed by atoms with E-state index >= 15 is 0 Å². The zero-order valence-corrected chi connectivity index (χ0v) is 7.33. The van der Waals surface area contributed by atoms with Crippen molar-refractivity contribution in [3.8, 4) is 0 Å². The first-order valence-corrected chi connectivity index (χ1v) is 5.00. The molecule has 0 spiro atoms. The molecular weight excluding hydrogens is 152 g/mol. The third-order valence-corrected chi connectivity index (χ3v) is 3.38. The first kappa shape index (κ1) is 8.24. The number of ketones is 1. The Labute approximate surface area is 73.0 Å². The second-order valence-corrected chi connectivity index (χ2v) is 4.14. The third kappa shape index (κ3) is 1.28. The van der Waals surface area contributed by atoms with Crippen LogP contribution in [0.3, 0.4) is 0 Å². The van der Waals surface area contributed by atoms with Crippen molar-refractivity contribution in [2.24, 2.45) is 11.8 Å². The zero-order chi connectivity index (χ0) is 8.55. The number of hydrogen-bond acceptors (Lipinski definition) is 2. The Morgan fingerprint density at radius 3 is 2.83 bits per heavy atom. The van der Waals surface area contributed by atoms with Gasteiger partial charge in [0.15, 0.2) is 0 Å². The monoisotopic (exact) mass is 168 g/mol. The molecule has 2 nitrogen and oxygen atoms in total. The van der Waals surface area contributed by atoms with Crippen molar-refractivity contribution in [3.05, 3.63) is 0 Å². The van der Waals surface area contributed by atoms with Crippen LogP contribution in [-0.2, 0) is 4.79 Å². The first-order chi connectivity index (χ1) is 5.79. The van der Waals surface area contributed by atoms with Gasteiger partial charge in [-0.15, -0.1) is 0 Å². The average Bonchev–Trinajstić information content (AvgIpc) is 2.29. The maximum atomic E-state index is 11.5. The number of fused-ring (bicyclic) bond motifs is 1. The van der Waals surface area contributed by atoms with E-state index in [-0.39, 0.29) is 12.0 Å². The number of carbonyl (C=O) groups is 1. The van der Waals surface area contributed by atoms with Crippen LogP contribution in [0.4, 0.5) is 0 Å². The first-order valence-electron chi connectivity index (χ1n) is 5.00. The molecule has 0 bridgehead atoms. The van der Waals surface area contributed by atoms with Gasteiger partial charge in [-0.2, -0.15) is 0 Å². The number of aliphatic hydroxyl groups is 1. The highest BCUT2D eigenvalue weighted by atomic mass is 16.3. The minimum absolute atomic E-state index is 0.00694. The predicted octanol–water partition coefficient (Wildman–Crippen LogP) is 1.52. The SMILES string of the molecule is O=C1CCCC[C@H]2CC[C@@H](O)[C@@H]12. The lowest BCUT2D eigenvalue weighted by Gasteiger charge is -2.16. The van der Waals surface area contributed by atoms with Gasteiger partial charge in [0.05, 0.1) is 6.10 Å². The molecule has 68 valence electrons. The van der Waals surface area contributed by atoms with Crippen LogP contribution in [-0.4, -0.2) is 17.0 Å². The molecule has 2 aliphatic rings. The Morgan fingerprint density at radius 1 is 1.17 bits per heavy atom. The fourth-order valence-electron chi connectivity index (χ4n) is 2.73. The molecule has 0 radical (unpaired) electrons. The van der Waals surface area contributed by atoms with Crippen LogP contribution in [0, 0.1) is 11.8 Å². The molecule has 2 saturated carbocycles. The van der Waals surface area contributed by atoms with Crippen molar-refractivity contribution in [3.63, 3.8) is 0 Å². The molecule has 2 heteroatoms. The lowest BCUT2D eigenvalue weighted by atomic mass is 9.89. The summed E-state index contributed by atoms with van der Waals surface area (Å²) in [5.74, 6) is 0.838. The summed E-state index contributed by atoms with van der Waals surface area (Å²) in [5, 5.41) is 9.60. The smallest absolute Gasteiger partial charge is 0.138 e. The van der Waals surface area contributed by atoms with Crippen LogP contribution >= 0.6 is 0 Å². The average molecular weight is 168 g/mol. The van der Waals surface area contributed by atoms with Gasteiger partial charge < -0.3 is 5.11 Å². The van der Waals surface area contributed by atoms with Crippen LogP contribution in [0.5, 0.6) is 0 Å².